The number of halogens is 2. The summed E-state index contributed by atoms with van der Waals surface area (Å²) in [5.41, 5.74) is 0.0526. The third-order valence-electron chi connectivity index (χ3n) is 3.87. The Morgan fingerprint density at radius 3 is 2.65 bits per heavy atom. The highest BCUT2D eigenvalue weighted by atomic mass is 79.9. The number of benzene rings is 2. The molecular formula is C19H16BrFN2O3. The van der Waals surface area contributed by atoms with Gasteiger partial charge < -0.3 is 4.74 Å². The Hall–Kier alpha value is -2.54. The van der Waals surface area contributed by atoms with E-state index in [1.165, 1.54) is 16.8 Å². The van der Waals surface area contributed by atoms with Crippen molar-refractivity contribution in [3.05, 3.63) is 74.4 Å². The summed E-state index contributed by atoms with van der Waals surface area (Å²) in [6, 6.07) is 11.3. The van der Waals surface area contributed by atoms with Crippen LogP contribution >= 0.6 is 15.9 Å². The summed E-state index contributed by atoms with van der Waals surface area (Å²) in [5.74, 6) is -1.17. The van der Waals surface area contributed by atoms with E-state index in [0.717, 1.165) is 0 Å². The van der Waals surface area contributed by atoms with Crippen LogP contribution in [0.1, 0.15) is 29.4 Å². The molecule has 0 saturated carbocycles. The van der Waals surface area contributed by atoms with Gasteiger partial charge in [0.25, 0.3) is 5.56 Å². The number of rotatable bonds is 5. The van der Waals surface area contributed by atoms with E-state index in [-0.39, 0.29) is 23.4 Å². The first-order chi connectivity index (χ1) is 12.5. The van der Waals surface area contributed by atoms with Crippen LogP contribution in [0, 0.1) is 5.82 Å². The van der Waals surface area contributed by atoms with E-state index < -0.39 is 11.8 Å². The quantitative estimate of drug-likeness (QED) is 0.586. The Bertz CT molecular complexity index is 1030. The van der Waals surface area contributed by atoms with Crippen LogP contribution in [0.3, 0.4) is 0 Å². The van der Waals surface area contributed by atoms with Crippen molar-refractivity contribution in [3.63, 3.8) is 0 Å². The minimum absolute atomic E-state index is 0.0474. The van der Waals surface area contributed by atoms with Crippen molar-refractivity contribution in [1.29, 1.82) is 0 Å². The van der Waals surface area contributed by atoms with Gasteiger partial charge in [-0.25, -0.2) is 13.9 Å². The second-order valence-electron chi connectivity index (χ2n) is 5.73. The Morgan fingerprint density at radius 1 is 1.23 bits per heavy atom. The number of ether oxygens (including phenoxy) is 1. The van der Waals surface area contributed by atoms with Gasteiger partial charge in [0.15, 0.2) is 5.69 Å². The fraction of sp³-hybridized carbons (Fsp3) is 0.211. The molecule has 0 N–H and O–H groups in total. The molecule has 3 rings (SSSR count). The second-order valence-corrected chi connectivity index (χ2v) is 6.65. The standard InChI is InChI=1S/C19H16BrFN2O3/c1-2-9-23-18(24)15-6-4-3-5-14(15)17(22-23)19(25)26-11-12-7-8-13(20)10-16(12)21/h3-8,10H,2,9,11H2,1H3. The first-order valence-corrected chi connectivity index (χ1v) is 8.91. The van der Waals surface area contributed by atoms with Gasteiger partial charge in [0, 0.05) is 22.0 Å². The monoisotopic (exact) mass is 418 g/mol. The van der Waals surface area contributed by atoms with Crippen LogP contribution in [-0.2, 0) is 17.9 Å². The molecule has 7 heteroatoms. The molecule has 0 aliphatic carbocycles. The van der Waals surface area contributed by atoms with Crippen molar-refractivity contribution in [2.45, 2.75) is 26.5 Å². The number of nitrogens with zero attached hydrogens (tertiary/aromatic N) is 2. The maximum atomic E-state index is 13.9. The van der Waals surface area contributed by atoms with Crippen molar-refractivity contribution in [1.82, 2.24) is 9.78 Å². The van der Waals surface area contributed by atoms with Crippen molar-refractivity contribution >= 4 is 32.7 Å². The zero-order valence-electron chi connectivity index (χ0n) is 14.0. The fourth-order valence-electron chi connectivity index (χ4n) is 2.60. The smallest absolute Gasteiger partial charge is 0.359 e. The van der Waals surface area contributed by atoms with Crippen molar-refractivity contribution in [2.24, 2.45) is 0 Å². The summed E-state index contributed by atoms with van der Waals surface area (Å²) in [7, 11) is 0. The van der Waals surface area contributed by atoms with Crippen molar-refractivity contribution < 1.29 is 13.9 Å². The normalized spacial score (nSPS) is 10.9. The lowest BCUT2D eigenvalue weighted by Gasteiger charge is -2.10. The molecule has 3 aromatic rings. The molecule has 0 aliphatic rings. The van der Waals surface area contributed by atoms with Crippen molar-refractivity contribution in [2.75, 3.05) is 0 Å². The van der Waals surface area contributed by atoms with Gasteiger partial charge in [-0.3, -0.25) is 4.79 Å². The van der Waals surface area contributed by atoms with Gasteiger partial charge in [-0.05, 0) is 24.6 Å². The lowest BCUT2D eigenvalue weighted by Crippen LogP contribution is -2.26. The summed E-state index contributed by atoms with van der Waals surface area (Å²) in [6.07, 6.45) is 0.698. The van der Waals surface area contributed by atoms with E-state index in [1.807, 2.05) is 6.92 Å². The van der Waals surface area contributed by atoms with Crippen LogP contribution in [-0.4, -0.2) is 15.7 Å². The second kappa shape index (κ2) is 7.78. The first kappa shape index (κ1) is 18.3. The predicted octanol–water partition coefficient (Wildman–Crippen LogP) is 4.07. The van der Waals surface area contributed by atoms with Crippen LogP contribution < -0.4 is 5.56 Å². The zero-order chi connectivity index (χ0) is 18.7. The number of aryl methyl sites for hydroxylation is 1. The maximum absolute atomic E-state index is 13.9. The number of fused-ring (bicyclic) bond motifs is 1. The predicted molar refractivity (Wildman–Crippen MR) is 99.5 cm³/mol. The van der Waals surface area contributed by atoms with Crippen LogP contribution in [0.4, 0.5) is 4.39 Å². The Morgan fingerprint density at radius 2 is 1.96 bits per heavy atom. The molecule has 0 aliphatic heterocycles. The summed E-state index contributed by atoms with van der Waals surface area (Å²) >= 11 is 3.18. The van der Waals surface area contributed by atoms with Crippen molar-refractivity contribution in [3.8, 4) is 0 Å². The van der Waals surface area contributed by atoms with Gasteiger partial charge in [0.2, 0.25) is 0 Å². The highest BCUT2D eigenvalue weighted by Crippen LogP contribution is 2.18. The highest BCUT2D eigenvalue weighted by molar-refractivity contribution is 9.10. The lowest BCUT2D eigenvalue weighted by atomic mass is 10.1. The third kappa shape index (κ3) is 3.67. The molecule has 1 aromatic heterocycles. The number of aromatic nitrogens is 2. The summed E-state index contributed by atoms with van der Waals surface area (Å²) < 4.78 is 21.0. The first-order valence-electron chi connectivity index (χ1n) is 8.12. The molecule has 26 heavy (non-hydrogen) atoms. The fourth-order valence-corrected chi connectivity index (χ4v) is 2.93. The van der Waals surface area contributed by atoms with E-state index >= 15 is 0 Å². The van der Waals surface area contributed by atoms with E-state index in [2.05, 4.69) is 21.0 Å². The summed E-state index contributed by atoms with van der Waals surface area (Å²) in [4.78, 5) is 25.0. The highest BCUT2D eigenvalue weighted by Gasteiger charge is 2.18. The summed E-state index contributed by atoms with van der Waals surface area (Å²) in [5, 5.41) is 4.99. The number of esters is 1. The van der Waals surface area contributed by atoms with E-state index in [0.29, 0.717) is 28.2 Å². The van der Waals surface area contributed by atoms with Gasteiger partial charge in [0.1, 0.15) is 12.4 Å². The summed E-state index contributed by atoms with van der Waals surface area (Å²) in [6.45, 7) is 2.09. The zero-order valence-corrected chi connectivity index (χ0v) is 15.6. The molecule has 0 unspecified atom stereocenters. The number of hydrogen-bond donors (Lipinski definition) is 0. The van der Waals surface area contributed by atoms with Gasteiger partial charge >= 0.3 is 5.97 Å². The molecular weight excluding hydrogens is 403 g/mol. The SMILES string of the molecule is CCCn1nc(C(=O)OCc2ccc(Br)cc2F)c2ccccc2c1=O. The molecule has 0 spiro atoms. The topological polar surface area (TPSA) is 61.2 Å². The van der Waals surface area contributed by atoms with Gasteiger partial charge in [-0.1, -0.05) is 47.1 Å². The average molecular weight is 419 g/mol. The molecule has 5 nitrogen and oxygen atoms in total. The molecule has 0 saturated heterocycles. The largest absolute Gasteiger partial charge is 0.456 e. The molecule has 0 atom stereocenters. The molecule has 1 heterocycles. The molecule has 0 bridgehead atoms. The minimum atomic E-state index is -0.701. The Kier molecular flexibility index (Phi) is 5.46. The lowest BCUT2D eigenvalue weighted by molar-refractivity contribution is 0.0461. The molecule has 0 radical (unpaired) electrons. The van der Waals surface area contributed by atoms with Crippen LogP contribution in [0.2, 0.25) is 0 Å². The Labute approximate surface area is 157 Å². The molecule has 2 aromatic carbocycles. The van der Waals surface area contributed by atoms with E-state index in [1.54, 1.807) is 30.3 Å². The minimum Gasteiger partial charge on any atom is -0.456 e. The van der Waals surface area contributed by atoms with Gasteiger partial charge in [-0.2, -0.15) is 5.10 Å². The van der Waals surface area contributed by atoms with Crippen LogP contribution in [0.15, 0.2) is 51.7 Å². The van der Waals surface area contributed by atoms with Gasteiger partial charge in [0.05, 0.1) is 5.39 Å². The average Bonchev–Trinajstić information content (AvgIpc) is 2.63. The van der Waals surface area contributed by atoms with Crippen LogP contribution in [0.5, 0.6) is 0 Å². The maximum Gasteiger partial charge on any atom is 0.359 e. The molecule has 0 amide bonds. The molecule has 134 valence electrons. The van der Waals surface area contributed by atoms with E-state index in [4.69, 9.17) is 4.74 Å². The van der Waals surface area contributed by atoms with E-state index in [9.17, 15) is 14.0 Å². The number of hydrogen-bond acceptors (Lipinski definition) is 4. The number of carbonyl (C=O) groups excluding carboxylic acids is 1. The number of carbonyl (C=O) groups is 1. The van der Waals surface area contributed by atoms with Gasteiger partial charge in [-0.15, -0.1) is 0 Å². The molecule has 0 fully saturated rings. The van der Waals surface area contributed by atoms with Crippen LogP contribution in [0.25, 0.3) is 10.8 Å². The third-order valence-corrected chi connectivity index (χ3v) is 4.36. The Balaban J connectivity index is 1.94.